The lowest BCUT2D eigenvalue weighted by Gasteiger charge is -2.15. The number of carbonyl (C=O) groups excluding carboxylic acids is 1. The van der Waals surface area contributed by atoms with Crippen LogP contribution in [-0.2, 0) is 11.3 Å². The molecule has 2 rings (SSSR count). The van der Waals surface area contributed by atoms with E-state index in [1.807, 2.05) is 0 Å². The zero-order valence-corrected chi connectivity index (χ0v) is 13.9. The van der Waals surface area contributed by atoms with Gasteiger partial charge in [-0.25, -0.2) is 9.37 Å². The number of nitrogens with zero attached hydrogens (tertiary/aromatic N) is 2. The summed E-state index contributed by atoms with van der Waals surface area (Å²) in [4.78, 5) is 28.1. The lowest BCUT2D eigenvalue weighted by Crippen LogP contribution is -2.39. The summed E-state index contributed by atoms with van der Waals surface area (Å²) in [6.07, 6.45) is 0.685. The molecule has 0 radical (unpaired) electrons. The molecule has 0 fully saturated rings. The summed E-state index contributed by atoms with van der Waals surface area (Å²) in [5, 5.41) is 2.68. The van der Waals surface area contributed by atoms with Crippen LogP contribution in [0.15, 0.2) is 35.4 Å². The van der Waals surface area contributed by atoms with Crippen LogP contribution in [0.2, 0.25) is 0 Å². The van der Waals surface area contributed by atoms with Crippen LogP contribution in [0.3, 0.4) is 0 Å². The minimum absolute atomic E-state index is 0.124. The van der Waals surface area contributed by atoms with Crippen molar-refractivity contribution in [3.8, 4) is 5.75 Å². The second kappa shape index (κ2) is 7.72. The second-order valence-electron chi connectivity index (χ2n) is 5.46. The highest BCUT2D eigenvalue weighted by Crippen LogP contribution is 2.13. The molecule has 0 aliphatic heterocycles. The molecule has 24 heavy (non-hydrogen) atoms. The van der Waals surface area contributed by atoms with Crippen LogP contribution >= 0.6 is 0 Å². The molecule has 0 aliphatic carbocycles. The number of nitrogens with one attached hydrogen (secondary N) is 1. The molecule has 2 aromatic rings. The number of rotatable bonds is 6. The molecule has 128 valence electrons. The highest BCUT2D eigenvalue weighted by Gasteiger charge is 2.14. The van der Waals surface area contributed by atoms with E-state index in [-0.39, 0.29) is 23.8 Å². The summed E-state index contributed by atoms with van der Waals surface area (Å²) < 4.78 is 19.9. The summed E-state index contributed by atoms with van der Waals surface area (Å²) in [5.74, 6) is -0.488. The van der Waals surface area contributed by atoms with Gasteiger partial charge in [0.05, 0.1) is 6.33 Å². The van der Waals surface area contributed by atoms with E-state index in [9.17, 15) is 14.0 Å². The molecular formula is C17H20FN3O3. The van der Waals surface area contributed by atoms with E-state index >= 15 is 0 Å². The highest BCUT2D eigenvalue weighted by atomic mass is 19.1. The molecule has 1 aromatic carbocycles. The van der Waals surface area contributed by atoms with Gasteiger partial charge in [0.2, 0.25) is 0 Å². The van der Waals surface area contributed by atoms with E-state index in [1.54, 1.807) is 26.8 Å². The zero-order valence-electron chi connectivity index (χ0n) is 13.9. The van der Waals surface area contributed by atoms with Crippen molar-refractivity contribution in [3.05, 3.63) is 58.0 Å². The third-order valence-corrected chi connectivity index (χ3v) is 3.65. The SMILES string of the molecule is Cc1ncn(CCNC(=O)C(C)Oc2cccc(F)c2)c(=O)c1C. The first-order chi connectivity index (χ1) is 11.4. The van der Waals surface area contributed by atoms with Gasteiger partial charge in [0.1, 0.15) is 11.6 Å². The van der Waals surface area contributed by atoms with Gasteiger partial charge >= 0.3 is 0 Å². The summed E-state index contributed by atoms with van der Waals surface area (Å²) in [6.45, 7) is 5.64. The largest absolute Gasteiger partial charge is 0.481 e. The number of aryl methyl sites for hydroxylation is 1. The summed E-state index contributed by atoms with van der Waals surface area (Å²) in [5.41, 5.74) is 1.16. The molecular weight excluding hydrogens is 313 g/mol. The van der Waals surface area contributed by atoms with Crippen LogP contribution in [0, 0.1) is 19.7 Å². The Bertz CT molecular complexity index is 789. The number of aromatic nitrogens is 2. The van der Waals surface area contributed by atoms with Crippen molar-refractivity contribution in [1.82, 2.24) is 14.9 Å². The van der Waals surface area contributed by atoms with Crippen LogP contribution in [0.5, 0.6) is 5.75 Å². The van der Waals surface area contributed by atoms with E-state index in [2.05, 4.69) is 10.3 Å². The summed E-state index contributed by atoms with van der Waals surface area (Å²) in [6, 6.07) is 5.60. The molecule has 1 atom stereocenters. The maximum atomic E-state index is 13.1. The molecule has 1 unspecified atom stereocenters. The van der Waals surface area contributed by atoms with Crippen LogP contribution in [0.25, 0.3) is 0 Å². The van der Waals surface area contributed by atoms with Gasteiger partial charge in [-0.3, -0.25) is 14.2 Å². The molecule has 0 saturated carbocycles. The molecule has 1 amide bonds. The fourth-order valence-corrected chi connectivity index (χ4v) is 2.08. The highest BCUT2D eigenvalue weighted by molar-refractivity contribution is 5.80. The molecule has 6 nitrogen and oxygen atoms in total. The maximum Gasteiger partial charge on any atom is 0.260 e. The van der Waals surface area contributed by atoms with Gasteiger partial charge in [-0.2, -0.15) is 0 Å². The average molecular weight is 333 g/mol. The molecule has 0 saturated heterocycles. The van der Waals surface area contributed by atoms with E-state index in [4.69, 9.17) is 4.74 Å². The summed E-state index contributed by atoms with van der Waals surface area (Å²) in [7, 11) is 0. The second-order valence-corrected chi connectivity index (χ2v) is 5.46. The molecule has 7 heteroatoms. The Kier molecular flexibility index (Phi) is 5.68. The number of benzene rings is 1. The number of ether oxygens (including phenoxy) is 1. The smallest absolute Gasteiger partial charge is 0.260 e. The number of halogens is 1. The van der Waals surface area contributed by atoms with Crippen molar-refractivity contribution < 1.29 is 13.9 Å². The van der Waals surface area contributed by atoms with E-state index < -0.39 is 11.9 Å². The first kappa shape index (κ1) is 17.7. The van der Waals surface area contributed by atoms with Crippen LogP contribution in [-0.4, -0.2) is 28.1 Å². The number of hydrogen-bond acceptors (Lipinski definition) is 4. The number of hydrogen-bond donors (Lipinski definition) is 1. The van der Waals surface area contributed by atoms with Crippen LogP contribution in [0.1, 0.15) is 18.2 Å². The Morgan fingerprint density at radius 1 is 1.42 bits per heavy atom. The predicted octanol–water partition coefficient (Wildman–Crippen LogP) is 1.58. The standard InChI is InChI=1S/C17H20FN3O3/c1-11-12(2)20-10-21(17(11)23)8-7-19-16(22)13(3)24-15-6-4-5-14(18)9-15/h4-6,9-10,13H,7-8H2,1-3H3,(H,19,22). The molecule has 1 aromatic heterocycles. The molecule has 0 aliphatic rings. The van der Waals surface area contributed by atoms with Gasteiger partial charge in [0.25, 0.3) is 11.5 Å². The average Bonchev–Trinajstić information content (AvgIpc) is 2.54. The Labute approximate surface area is 139 Å². The van der Waals surface area contributed by atoms with Gasteiger partial charge in [0, 0.05) is 30.4 Å². The Morgan fingerprint density at radius 3 is 2.88 bits per heavy atom. The lowest BCUT2D eigenvalue weighted by molar-refractivity contribution is -0.127. The van der Waals surface area contributed by atoms with E-state index in [1.165, 1.54) is 29.1 Å². The van der Waals surface area contributed by atoms with Crippen molar-refractivity contribution in [2.45, 2.75) is 33.4 Å². The van der Waals surface area contributed by atoms with Gasteiger partial charge in [-0.05, 0) is 32.9 Å². The normalized spacial score (nSPS) is 11.8. The minimum Gasteiger partial charge on any atom is -0.481 e. The third kappa shape index (κ3) is 4.41. The van der Waals surface area contributed by atoms with E-state index in [0.29, 0.717) is 17.8 Å². The summed E-state index contributed by atoms with van der Waals surface area (Å²) >= 11 is 0. The quantitative estimate of drug-likeness (QED) is 0.871. The number of amides is 1. The first-order valence-corrected chi connectivity index (χ1v) is 7.61. The Hall–Kier alpha value is -2.70. The zero-order chi connectivity index (χ0) is 17.7. The molecule has 1 heterocycles. The van der Waals surface area contributed by atoms with E-state index in [0.717, 1.165) is 0 Å². The minimum atomic E-state index is -0.776. The van der Waals surface area contributed by atoms with Crippen LogP contribution in [0.4, 0.5) is 4.39 Å². The first-order valence-electron chi connectivity index (χ1n) is 7.61. The number of carbonyl (C=O) groups is 1. The van der Waals surface area contributed by atoms with Crippen molar-refractivity contribution in [2.75, 3.05) is 6.54 Å². The van der Waals surface area contributed by atoms with Gasteiger partial charge in [-0.1, -0.05) is 6.07 Å². The fraction of sp³-hybridized carbons (Fsp3) is 0.353. The van der Waals surface area contributed by atoms with Gasteiger partial charge in [0.15, 0.2) is 6.10 Å². The van der Waals surface area contributed by atoms with Gasteiger partial charge < -0.3 is 10.1 Å². The van der Waals surface area contributed by atoms with Crippen molar-refractivity contribution in [1.29, 1.82) is 0 Å². The molecule has 0 spiro atoms. The monoisotopic (exact) mass is 333 g/mol. The van der Waals surface area contributed by atoms with Crippen molar-refractivity contribution in [2.24, 2.45) is 0 Å². The predicted molar refractivity (Wildman–Crippen MR) is 87.5 cm³/mol. The molecule has 0 bridgehead atoms. The molecule has 1 N–H and O–H groups in total. The van der Waals surface area contributed by atoms with Crippen molar-refractivity contribution >= 4 is 5.91 Å². The Morgan fingerprint density at radius 2 is 2.17 bits per heavy atom. The van der Waals surface area contributed by atoms with Gasteiger partial charge in [-0.15, -0.1) is 0 Å². The fourth-order valence-electron chi connectivity index (χ4n) is 2.08. The third-order valence-electron chi connectivity index (χ3n) is 3.65. The Balaban J connectivity index is 1.87. The lowest BCUT2D eigenvalue weighted by atomic mass is 10.3. The van der Waals surface area contributed by atoms with Crippen LogP contribution < -0.4 is 15.6 Å². The topological polar surface area (TPSA) is 73.2 Å². The van der Waals surface area contributed by atoms with Crippen molar-refractivity contribution in [3.63, 3.8) is 0 Å². The maximum absolute atomic E-state index is 13.1.